The molecular weight excluding hydrogens is 300 g/mol. The molecule has 0 bridgehead atoms. The van der Waals surface area contributed by atoms with Crippen LogP contribution < -0.4 is 5.32 Å². The average molecular weight is 322 g/mol. The number of nitrogens with zero attached hydrogens (tertiary/aromatic N) is 1. The molecule has 1 aliphatic carbocycles. The van der Waals surface area contributed by atoms with E-state index in [4.69, 9.17) is 0 Å². The van der Waals surface area contributed by atoms with Gasteiger partial charge < -0.3 is 10.2 Å². The number of carbonyl (C=O) groups excluding carboxylic acids is 1. The molecule has 1 saturated carbocycles. The van der Waals surface area contributed by atoms with Gasteiger partial charge in [-0.1, -0.05) is 18.2 Å². The Kier molecular flexibility index (Phi) is 4.23. The largest absolute Gasteiger partial charge is 0.353 e. The second-order valence-corrected chi connectivity index (χ2v) is 8.38. The van der Waals surface area contributed by atoms with Crippen molar-refractivity contribution in [3.05, 3.63) is 30.3 Å². The van der Waals surface area contributed by atoms with Crippen LogP contribution in [0, 0.1) is 0 Å². The normalized spacial score (nSPS) is 20.7. The minimum absolute atomic E-state index is 0.238. The number of amides is 1. The highest BCUT2D eigenvalue weighted by atomic mass is 32.2. The van der Waals surface area contributed by atoms with Crippen LogP contribution in [-0.2, 0) is 14.6 Å². The lowest BCUT2D eigenvalue weighted by atomic mass is 10.3. The van der Waals surface area contributed by atoms with Gasteiger partial charge in [0.1, 0.15) is 0 Å². The minimum atomic E-state index is -3.60. The summed E-state index contributed by atoms with van der Waals surface area (Å²) in [7, 11) is -3.60. The molecular formula is C16H22N2O3S. The van der Waals surface area contributed by atoms with Gasteiger partial charge in [-0.25, -0.2) is 8.42 Å². The summed E-state index contributed by atoms with van der Waals surface area (Å²) in [6.45, 7) is 3.46. The fourth-order valence-corrected chi connectivity index (χ4v) is 4.97. The molecule has 1 aromatic carbocycles. The molecule has 6 heteroatoms. The average Bonchev–Trinajstić information content (AvgIpc) is 3.20. The second kappa shape index (κ2) is 6.01. The van der Waals surface area contributed by atoms with Crippen LogP contribution in [0.5, 0.6) is 0 Å². The van der Waals surface area contributed by atoms with Gasteiger partial charge in [-0.3, -0.25) is 4.79 Å². The Labute approximate surface area is 131 Å². The van der Waals surface area contributed by atoms with Crippen LogP contribution in [0.1, 0.15) is 25.7 Å². The molecule has 0 radical (unpaired) electrons. The van der Waals surface area contributed by atoms with Gasteiger partial charge in [-0.2, -0.15) is 0 Å². The zero-order valence-corrected chi connectivity index (χ0v) is 13.4. The van der Waals surface area contributed by atoms with E-state index in [9.17, 15) is 13.2 Å². The molecule has 2 fully saturated rings. The molecule has 0 aromatic heterocycles. The second-order valence-electron chi connectivity index (χ2n) is 6.12. The van der Waals surface area contributed by atoms with Gasteiger partial charge >= 0.3 is 0 Å². The van der Waals surface area contributed by atoms with Crippen LogP contribution in [-0.4, -0.2) is 50.2 Å². The Hall–Kier alpha value is -1.40. The lowest BCUT2D eigenvalue weighted by molar-refractivity contribution is -0.121. The van der Waals surface area contributed by atoms with E-state index in [-0.39, 0.29) is 10.8 Å². The summed E-state index contributed by atoms with van der Waals surface area (Å²) in [6.07, 6.45) is 3.25. The molecule has 1 amide bonds. The lowest BCUT2D eigenvalue weighted by Crippen LogP contribution is -2.44. The van der Waals surface area contributed by atoms with E-state index in [1.54, 1.807) is 30.3 Å². The molecule has 1 saturated heterocycles. The Bertz CT molecular complexity index is 633. The van der Waals surface area contributed by atoms with E-state index < -0.39 is 14.6 Å². The van der Waals surface area contributed by atoms with Crippen molar-refractivity contribution in [1.29, 1.82) is 0 Å². The van der Waals surface area contributed by atoms with E-state index in [1.807, 2.05) is 0 Å². The maximum absolute atomic E-state index is 12.7. The Morgan fingerprint density at radius 2 is 1.77 bits per heavy atom. The van der Waals surface area contributed by atoms with Crippen molar-refractivity contribution >= 4 is 15.7 Å². The predicted octanol–water partition coefficient (Wildman–Crippen LogP) is 1.20. The molecule has 2 aliphatic rings. The lowest BCUT2D eigenvalue weighted by Gasteiger charge is -2.18. The summed E-state index contributed by atoms with van der Waals surface area (Å²) in [6, 6.07) is 8.27. The smallest absolute Gasteiger partial charge is 0.241 e. The van der Waals surface area contributed by atoms with Crippen LogP contribution in [0.25, 0.3) is 0 Å². The SMILES string of the molecule is O=C(NCCN1CCCC1)C1(S(=O)(=O)c2ccccc2)CC1. The highest BCUT2D eigenvalue weighted by Gasteiger charge is 2.60. The highest BCUT2D eigenvalue weighted by Crippen LogP contribution is 2.46. The van der Waals surface area contributed by atoms with Crippen LogP contribution >= 0.6 is 0 Å². The van der Waals surface area contributed by atoms with Gasteiger partial charge in [0, 0.05) is 13.1 Å². The molecule has 1 aliphatic heterocycles. The first-order chi connectivity index (χ1) is 10.6. The van der Waals surface area contributed by atoms with Crippen molar-refractivity contribution in [3.8, 4) is 0 Å². The minimum Gasteiger partial charge on any atom is -0.353 e. The fraction of sp³-hybridized carbons (Fsp3) is 0.562. The molecule has 1 N–H and O–H groups in total. The summed E-state index contributed by atoms with van der Waals surface area (Å²) in [5.74, 6) is -0.337. The molecule has 120 valence electrons. The van der Waals surface area contributed by atoms with E-state index in [1.165, 1.54) is 12.8 Å². The molecule has 0 unspecified atom stereocenters. The highest BCUT2D eigenvalue weighted by molar-refractivity contribution is 7.94. The predicted molar refractivity (Wildman–Crippen MR) is 84.3 cm³/mol. The van der Waals surface area contributed by atoms with Crippen LogP contribution in [0.4, 0.5) is 0 Å². The maximum atomic E-state index is 12.7. The number of hydrogen-bond donors (Lipinski definition) is 1. The topological polar surface area (TPSA) is 66.5 Å². The van der Waals surface area contributed by atoms with Crippen LogP contribution in [0.15, 0.2) is 35.2 Å². The van der Waals surface area contributed by atoms with Gasteiger partial charge in [0.25, 0.3) is 0 Å². The van der Waals surface area contributed by atoms with E-state index in [0.29, 0.717) is 19.4 Å². The summed E-state index contributed by atoms with van der Waals surface area (Å²) < 4.78 is 24.2. The number of benzene rings is 1. The van der Waals surface area contributed by atoms with E-state index in [2.05, 4.69) is 10.2 Å². The molecule has 3 rings (SSSR count). The third kappa shape index (κ3) is 2.77. The van der Waals surface area contributed by atoms with Gasteiger partial charge in [0.2, 0.25) is 5.91 Å². The Morgan fingerprint density at radius 1 is 1.14 bits per heavy atom. The zero-order chi connectivity index (χ0) is 15.6. The summed E-state index contributed by atoms with van der Waals surface area (Å²) >= 11 is 0. The molecule has 0 spiro atoms. The van der Waals surface area contributed by atoms with E-state index in [0.717, 1.165) is 19.6 Å². The molecule has 1 heterocycles. The molecule has 5 nitrogen and oxygen atoms in total. The van der Waals surface area contributed by atoms with Gasteiger partial charge in [0.05, 0.1) is 4.90 Å². The quantitative estimate of drug-likeness (QED) is 0.855. The number of sulfone groups is 1. The monoisotopic (exact) mass is 322 g/mol. The summed E-state index contributed by atoms with van der Waals surface area (Å²) in [5, 5.41) is 2.83. The zero-order valence-electron chi connectivity index (χ0n) is 12.6. The van der Waals surface area contributed by atoms with Crippen molar-refractivity contribution in [3.63, 3.8) is 0 Å². The van der Waals surface area contributed by atoms with Gasteiger partial charge in [0.15, 0.2) is 14.6 Å². The summed E-state index contributed by atoms with van der Waals surface area (Å²) in [4.78, 5) is 14.9. The maximum Gasteiger partial charge on any atom is 0.241 e. The third-order valence-corrected chi connectivity index (χ3v) is 7.11. The first-order valence-electron chi connectivity index (χ1n) is 7.87. The fourth-order valence-electron chi connectivity index (χ4n) is 3.05. The van der Waals surface area contributed by atoms with Crippen molar-refractivity contribution in [1.82, 2.24) is 10.2 Å². The number of rotatable bonds is 6. The Morgan fingerprint density at radius 3 is 2.36 bits per heavy atom. The van der Waals surface area contributed by atoms with Crippen molar-refractivity contribution in [2.75, 3.05) is 26.2 Å². The molecule has 22 heavy (non-hydrogen) atoms. The number of hydrogen-bond acceptors (Lipinski definition) is 4. The van der Waals surface area contributed by atoms with E-state index >= 15 is 0 Å². The number of nitrogens with one attached hydrogen (secondary N) is 1. The van der Waals surface area contributed by atoms with Crippen molar-refractivity contribution < 1.29 is 13.2 Å². The summed E-state index contributed by atoms with van der Waals surface area (Å²) in [5.41, 5.74) is 0. The number of likely N-dealkylation sites (tertiary alicyclic amines) is 1. The first kappa shape index (κ1) is 15.5. The van der Waals surface area contributed by atoms with Gasteiger partial charge in [-0.15, -0.1) is 0 Å². The third-order valence-electron chi connectivity index (χ3n) is 4.60. The molecule has 1 aromatic rings. The molecule has 0 atom stereocenters. The van der Waals surface area contributed by atoms with Crippen molar-refractivity contribution in [2.24, 2.45) is 0 Å². The van der Waals surface area contributed by atoms with Gasteiger partial charge in [-0.05, 0) is 50.9 Å². The van der Waals surface area contributed by atoms with Crippen LogP contribution in [0.2, 0.25) is 0 Å². The number of carbonyl (C=O) groups is 1. The van der Waals surface area contributed by atoms with Crippen molar-refractivity contribution in [2.45, 2.75) is 35.3 Å². The van der Waals surface area contributed by atoms with Crippen LogP contribution in [0.3, 0.4) is 0 Å². The standard InChI is InChI=1S/C16H22N2O3S/c19-15(17-10-13-18-11-4-5-12-18)16(8-9-16)22(20,21)14-6-2-1-3-7-14/h1-3,6-7H,4-5,8-13H2,(H,17,19). The Balaban J connectivity index is 1.64. The first-order valence-corrected chi connectivity index (χ1v) is 9.35.